The Morgan fingerprint density at radius 1 is 1.06 bits per heavy atom. The first-order valence-corrected chi connectivity index (χ1v) is 8.32. The minimum Gasteiger partial charge on any atom is -0.384 e. The highest BCUT2D eigenvalue weighted by atomic mass is 32.2. The van der Waals surface area contributed by atoms with E-state index in [4.69, 9.17) is 0 Å². The maximum atomic E-state index is 12.1. The maximum Gasteiger partial charge on any atom is 0.180 e. The normalized spacial score (nSPS) is 11.4. The van der Waals surface area contributed by atoms with Crippen molar-refractivity contribution in [3.63, 3.8) is 0 Å². The zero-order valence-electron chi connectivity index (χ0n) is 11.3. The number of unbranched alkanes of at least 4 members (excludes halogenated alkanes) is 2. The van der Waals surface area contributed by atoms with E-state index in [9.17, 15) is 8.42 Å². The van der Waals surface area contributed by atoms with Crippen molar-refractivity contribution in [1.29, 1.82) is 0 Å². The van der Waals surface area contributed by atoms with Crippen molar-refractivity contribution in [2.45, 2.75) is 44.4 Å². The van der Waals surface area contributed by atoms with Crippen molar-refractivity contribution in [1.82, 2.24) is 0 Å². The fourth-order valence-corrected chi connectivity index (χ4v) is 3.38. The van der Waals surface area contributed by atoms with Crippen LogP contribution in [0.15, 0.2) is 29.2 Å². The number of benzene rings is 1. The van der Waals surface area contributed by atoms with Crippen molar-refractivity contribution in [2.75, 3.05) is 17.6 Å². The molecular weight excluding hydrogens is 246 g/mol. The smallest absolute Gasteiger partial charge is 0.180 e. The summed E-state index contributed by atoms with van der Waals surface area (Å²) in [6, 6.07) is 7.18. The molecule has 1 N–H and O–H groups in total. The Hall–Kier alpha value is -1.03. The summed E-state index contributed by atoms with van der Waals surface area (Å²) in [6.07, 6.45) is 4.04. The van der Waals surface area contributed by atoms with Crippen LogP contribution in [0, 0.1) is 0 Å². The van der Waals surface area contributed by atoms with Gasteiger partial charge in [-0.25, -0.2) is 8.42 Å². The molecule has 0 fully saturated rings. The molecule has 102 valence electrons. The number of hydrogen-bond acceptors (Lipinski definition) is 3. The molecule has 0 saturated heterocycles. The number of nitrogens with one attached hydrogen (secondary N) is 1. The second-order valence-electron chi connectivity index (χ2n) is 4.45. The van der Waals surface area contributed by atoms with E-state index in [2.05, 4.69) is 12.2 Å². The lowest BCUT2D eigenvalue weighted by Crippen LogP contribution is -2.11. The van der Waals surface area contributed by atoms with Crippen LogP contribution in [-0.2, 0) is 9.84 Å². The van der Waals surface area contributed by atoms with Gasteiger partial charge < -0.3 is 5.32 Å². The fraction of sp³-hybridized carbons (Fsp3) is 0.571. The standard InChI is InChI=1S/C14H23NO2S/c1-3-5-8-11-15-13-9-6-7-10-14(13)18(16,17)12-4-2/h6-7,9-10,15H,3-5,8,11-12H2,1-2H3. The zero-order chi connectivity index (χ0) is 13.4. The fourth-order valence-electron chi connectivity index (χ4n) is 1.86. The molecule has 0 atom stereocenters. The van der Waals surface area contributed by atoms with E-state index in [1.54, 1.807) is 12.1 Å². The van der Waals surface area contributed by atoms with Gasteiger partial charge in [0.15, 0.2) is 9.84 Å². The number of hydrogen-bond donors (Lipinski definition) is 1. The summed E-state index contributed by atoms with van der Waals surface area (Å²) < 4.78 is 24.2. The molecule has 0 spiro atoms. The van der Waals surface area contributed by atoms with Crippen LogP contribution in [-0.4, -0.2) is 20.7 Å². The zero-order valence-corrected chi connectivity index (χ0v) is 12.1. The van der Waals surface area contributed by atoms with E-state index >= 15 is 0 Å². The SMILES string of the molecule is CCCCCNc1ccccc1S(=O)(=O)CCC. The number of sulfone groups is 1. The molecule has 0 aliphatic rings. The van der Waals surface area contributed by atoms with Crippen LogP contribution in [0.2, 0.25) is 0 Å². The van der Waals surface area contributed by atoms with Gasteiger partial charge in [-0.05, 0) is 25.0 Å². The predicted octanol–water partition coefficient (Wildman–Crippen LogP) is 3.47. The van der Waals surface area contributed by atoms with Gasteiger partial charge in [-0.15, -0.1) is 0 Å². The largest absolute Gasteiger partial charge is 0.384 e. The summed E-state index contributed by atoms with van der Waals surface area (Å²) in [5.41, 5.74) is 0.738. The average molecular weight is 269 g/mol. The quantitative estimate of drug-likeness (QED) is 0.735. The van der Waals surface area contributed by atoms with Crippen LogP contribution in [0.5, 0.6) is 0 Å². The first kappa shape index (κ1) is 15.0. The average Bonchev–Trinajstić information content (AvgIpc) is 2.35. The highest BCUT2D eigenvalue weighted by Crippen LogP contribution is 2.22. The number of para-hydroxylation sites is 1. The van der Waals surface area contributed by atoms with E-state index in [0.717, 1.165) is 31.5 Å². The summed E-state index contributed by atoms with van der Waals surface area (Å²) in [7, 11) is -3.15. The van der Waals surface area contributed by atoms with Gasteiger partial charge in [0.05, 0.1) is 16.3 Å². The summed E-state index contributed by atoms with van der Waals surface area (Å²) in [5, 5.41) is 3.23. The molecule has 0 radical (unpaired) electrons. The molecule has 0 saturated carbocycles. The Bertz CT molecular complexity index is 455. The highest BCUT2D eigenvalue weighted by molar-refractivity contribution is 7.91. The van der Waals surface area contributed by atoms with Crippen molar-refractivity contribution in [2.24, 2.45) is 0 Å². The van der Waals surface area contributed by atoms with E-state index in [0.29, 0.717) is 11.3 Å². The molecule has 1 aromatic carbocycles. The third kappa shape index (κ3) is 4.33. The van der Waals surface area contributed by atoms with Crippen molar-refractivity contribution < 1.29 is 8.42 Å². The maximum absolute atomic E-state index is 12.1. The molecule has 0 amide bonds. The molecule has 0 aromatic heterocycles. The molecule has 1 aromatic rings. The van der Waals surface area contributed by atoms with Crippen LogP contribution in [0.1, 0.15) is 39.5 Å². The molecule has 0 unspecified atom stereocenters. The molecule has 0 heterocycles. The van der Waals surface area contributed by atoms with Crippen LogP contribution < -0.4 is 5.32 Å². The van der Waals surface area contributed by atoms with Gasteiger partial charge in [0, 0.05) is 6.54 Å². The van der Waals surface area contributed by atoms with E-state index < -0.39 is 9.84 Å². The van der Waals surface area contributed by atoms with Crippen molar-refractivity contribution in [3.8, 4) is 0 Å². The molecular formula is C14H23NO2S. The Labute approximate surface area is 111 Å². The van der Waals surface area contributed by atoms with E-state index in [-0.39, 0.29) is 5.75 Å². The summed E-state index contributed by atoms with van der Waals surface area (Å²) >= 11 is 0. The molecule has 4 heteroatoms. The molecule has 0 aliphatic heterocycles. The summed E-state index contributed by atoms with van der Waals surface area (Å²) in [4.78, 5) is 0.434. The van der Waals surface area contributed by atoms with Crippen molar-refractivity contribution >= 4 is 15.5 Å². The lowest BCUT2D eigenvalue weighted by molar-refractivity contribution is 0.595. The van der Waals surface area contributed by atoms with E-state index in [1.807, 2.05) is 19.1 Å². The lowest BCUT2D eigenvalue weighted by Gasteiger charge is -2.12. The third-order valence-corrected chi connectivity index (χ3v) is 4.76. The Balaban J connectivity index is 2.80. The molecule has 18 heavy (non-hydrogen) atoms. The van der Waals surface area contributed by atoms with Crippen LogP contribution in [0.25, 0.3) is 0 Å². The van der Waals surface area contributed by atoms with Gasteiger partial charge in [0.1, 0.15) is 0 Å². The summed E-state index contributed by atoms with van der Waals surface area (Å²) in [5.74, 6) is 0.209. The molecule has 3 nitrogen and oxygen atoms in total. The molecule has 1 rings (SSSR count). The molecule has 0 bridgehead atoms. The summed E-state index contributed by atoms with van der Waals surface area (Å²) in [6.45, 7) is 4.86. The van der Waals surface area contributed by atoms with Gasteiger partial charge in [-0.1, -0.05) is 38.8 Å². The van der Waals surface area contributed by atoms with Crippen molar-refractivity contribution in [3.05, 3.63) is 24.3 Å². The van der Waals surface area contributed by atoms with Crippen LogP contribution in [0.3, 0.4) is 0 Å². The minimum atomic E-state index is -3.15. The van der Waals surface area contributed by atoms with Gasteiger partial charge >= 0.3 is 0 Å². The lowest BCUT2D eigenvalue weighted by atomic mass is 10.2. The third-order valence-electron chi connectivity index (χ3n) is 2.79. The van der Waals surface area contributed by atoms with Crippen LogP contribution in [0.4, 0.5) is 5.69 Å². The highest BCUT2D eigenvalue weighted by Gasteiger charge is 2.16. The topological polar surface area (TPSA) is 46.2 Å². The second-order valence-corrected chi connectivity index (χ2v) is 6.53. The Morgan fingerprint density at radius 2 is 1.78 bits per heavy atom. The minimum absolute atomic E-state index is 0.209. The monoisotopic (exact) mass is 269 g/mol. The van der Waals surface area contributed by atoms with Gasteiger partial charge in [0.25, 0.3) is 0 Å². The second kappa shape index (κ2) is 7.41. The van der Waals surface area contributed by atoms with Gasteiger partial charge in [-0.2, -0.15) is 0 Å². The van der Waals surface area contributed by atoms with Gasteiger partial charge in [0.2, 0.25) is 0 Å². The van der Waals surface area contributed by atoms with Gasteiger partial charge in [-0.3, -0.25) is 0 Å². The first-order chi connectivity index (χ1) is 8.61. The van der Waals surface area contributed by atoms with Crippen LogP contribution >= 0.6 is 0 Å². The Morgan fingerprint density at radius 3 is 2.44 bits per heavy atom. The predicted molar refractivity (Wildman–Crippen MR) is 76.8 cm³/mol. The first-order valence-electron chi connectivity index (χ1n) is 6.67. The van der Waals surface area contributed by atoms with E-state index in [1.165, 1.54) is 0 Å². The number of anilines is 1. The Kier molecular flexibility index (Phi) is 6.19. The molecule has 0 aliphatic carbocycles. The number of rotatable bonds is 8.